The number of methoxy groups -OCH3 is 1. The number of carboxylic acids is 1. The van der Waals surface area contributed by atoms with Crippen molar-refractivity contribution in [3.8, 4) is 0 Å². The molecule has 0 amide bonds. The molecule has 0 radical (unpaired) electrons. The molecule has 0 aliphatic rings. The smallest absolute Gasteiger partial charge is 0.329 e. The minimum absolute atomic E-state index is 0.153. The lowest BCUT2D eigenvalue weighted by Crippen LogP contribution is -2.34. The molecule has 76 valence electrons. The number of hydrogen-bond donors (Lipinski definition) is 2. The van der Waals surface area contributed by atoms with Crippen molar-refractivity contribution in [1.29, 1.82) is 0 Å². The van der Waals surface area contributed by atoms with Crippen LogP contribution in [-0.4, -0.2) is 30.8 Å². The van der Waals surface area contributed by atoms with Crippen molar-refractivity contribution in [2.75, 3.05) is 13.7 Å². The van der Waals surface area contributed by atoms with Gasteiger partial charge in [0.15, 0.2) is 0 Å². The molecule has 13 heavy (non-hydrogen) atoms. The van der Waals surface area contributed by atoms with Gasteiger partial charge in [0.1, 0.15) is 0 Å². The Labute approximate surface area is 78.6 Å². The van der Waals surface area contributed by atoms with Gasteiger partial charge < -0.3 is 15.2 Å². The minimum atomic E-state index is -0.951. The van der Waals surface area contributed by atoms with Crippen LogP contribution in [-0.2, 0) is 9.53 Å². The standard InChI is InChI=1S/C9H17NO3/c1-7(2)8(6-13-3)10-5-4-9(11)12/h4-5,7-8,10H,6H2,1-3H3,(H,11,12)/b5-4+. The van der Waals surface area contributed by atoms with E-state index in [0.29, 0.717) is 12.5 Å². The van der Waals surface area contributed by atoms with E-state index in [4.69, 9.17) is 9.84 Å². The van der Waals surface area contributed by atoms with Gasteiger partial charge in [0, 0.05) is 19.4 Å². The molecule has 0 saturated carbocycles. The van der Waals surface area contributed by atoms with E-state index < -0.39 is 5.97 Å². The molecule has 0 bridgehead atoms. The van der Waals surface area contributed by atoms with Crippen LogP contribution in [0.1, 0.15) is 13.8 Å². The summed E-state index contributed by atoms with van der Waals surface area (Å²) in [5.74, 6) is -0.550. The predicted molar refractivity (Wildman–Crippen MR) is 50.4 cm³/mol. The minimum Gasteiger partial charge on any atom is -0.478 e. The summed E-state index contributed by atoms with van der Waals surface area (Å²) in [7, 11) is 1.62. The molecule has 0 aliphatic carbocycles. The number of carboxylic acid groups (broad SMARTS) is 1. The molecule has 4 heteroatoms. The fraction of sp³-hybridized carbons (Fsp3) is 0.667. The van der Waals surface area contributed by atoms with Crippen molar-refractivity contribution in [2.24, 2.45) is 5.92 Å². The second-order valence-corrected chi connectivity index (χ2v) is 3.14. The molecule has 0 heterocycles. The van der Waals surface area contributed by atoms with Crippen molar-refractivity contribution in [3.63, 3.8) is 0 Å². The molecule has 0 spiro atoms. The Morgan fingerprint density at radius 3 is 2.62 bits per heavy atom. The zero-order valence-corrected chi connectivity index (χ0v) is 8.28. The molecule has 0 aromatic carbocycles. The Morgan fingerprint density at radius 2 is 2.23 bits per heavy atom. The monoisotopic (exact) mass is 187 g/mol. The molecule has 1 atom stereocenters. The first-order chi connectivity index (χ1) is 6.07. The topological polar surface area (TPSA) is 58.6 Å². The van der Waals surface area contributed by atoms with Crippen molar-refractivity contribution in [3.05, 3.63) is 12.3 Å². The van der Waals surface area contributed by atoms with Crippen LogP contribution in [0.15, 0.2) is 12.3 Å². The van der Waals surface area contributed by atoms with Crippen LogP contribution in [0.2, 0.25) is 0 Å². The average Bonchev–Trinajstić information content (AvgIpc) is 2.02. The first kappa shape index (κ1) is 12.0. The Kier molecular flexibility index (Phi) is 5.97. The molecule has 1 unspecified atom stereocenters. The van der Waals surface area contributed by atoms with Crippen LogP contribution in [0.5, 0.6) is 0 Å². The Morgan fingerprint density at radius 1 is 1.62 bits per heavy atom. The largest absolute Gasteiger partial charge is 0.478 e. The van der Waals surface area contributed by atoms with E-state index in [1.807, 2.05) is 13.8 Å². The van der Waals surface area contributed by atoms with E-state index in [9.17, 15) is 4.79 Å². The maximum Gasteiger partial charge on any atom is 0.329 e. The molecule has 0 rings (SSSR count). The van der Waals surface area contributed by atoms with E-state index in [1.165, 1.54) is 6.20 Å². The molecular formula is C9H17NO3. The Hall–Kier alpha value is -1.03. The highest BCUT2D eigenvalue weighted by Crippen LogP contribution is 2.01. The van der Waals surface area contributed by atoms with Gasteiger partial charge in [-0.15, -0.1) is 0 Å². The quantitative estimate of drug-likeness (QED) is 0.605. The van der Waals surface area contributed by atoms with Crippen LogP contribution < -0.4 is 5.32 Å². The number of aliphatic carboxylic acids is 1. The van der Waals surface area contributed by atoms with Gasteiger partial charge in [-0.1, -0.05) is 13.8 Å². The summed E-state index contributed by atoms with van der Waals surface area (Å²) in [6, 6.07) is 0.153. The lowest BCUT2D eigenvalue weighted by molar-refractivity contribution is -0.131. The summed E-state index contributed by atoms with van der Waals surface area (Å²) in [4.78, 5) is 10.2. The van der Waals surface area contributed by atoms with Gasteiger partial charge in [-0.3, -0.25) is 0 Å². The number of nitrogens with one attached hydrogen (secondary N) is 1. The number of rotatable bonds is 6. The van der Waals surface area contributed by atoms with Crippen molar-refractivity contribution >= 4 is 5.97 Å². The Bertz CT molecular complexity index is 178. The molecule has 0 saturated heterocycles. The highest BCUT2D eigenvalue weighted by Gasteiger charge is 2.09. The third-order valence-electron chi connectivity index (χ3n) is 1.69. The molecule has 0 aliphatic heterocycles. The molecule has 0 fully saturated rings. The van der Waals surface area contributed by atoms with Crippen LogP contribution in [0, 0.1) is 5.92 Å². The summed E-state index contributed by atoms with van der Waals surface area (Å²) in [6.45, 7) is 4.66. The zero-order chi connectivity index (χ0) is 10.3. The lowest BCUT2D eigenvalue weighted by atomic mass is 10.1. The van der Waals surface area contributed by atoms with Crippen LogP contribution in [0.4, 0.5) is 0 Å². The van der Waals surface area contributed by atoms with E-state index in [1.54, 1.807) is 7.11 Å². The highest BCUT2D eigenvalue weighted by atomic mass is 16.5. The predicted octanol–water partition coefficient (Wildman–Crippen LogP) is 0.845. The van der Waals surface area contributed by atoms with Gasteiger partial charge in [0.05, 0.1) is 12.6 Å². The molecule has 4 nitrogen and oxygen atoms in total. The van der Waals surface area contributed by atoms with Crippen molar-refractivity contribution in [2.45, 2.75) is 19.9 Å². The fourth-order valence-corrected chi connectivity index (χ4v) is 0.856. The van der Waals surface area contributed by atoms with Gasteiger partial charge in [-0.25, -0.2) is 4.79 Å². The first-order valence-corrected chi connectivity index (χ1v) is 4.22. The van der Waals surface area contributed by atoms with E-state index >= 15 is 0 Å². The second-order valence-electron chi connectivity index (χ2n) is 3.14. The van der Waals surface area contributed by atoms with Crippen LogP contribution in [0.25, 0.3) is 0 Å². The van der Waals surface area contributed by atoms with Crippen LogP contribution >= 0.6 is 0 Å². The maximum atomic E-state index is 10.2. The summed E-state index contributed by atoms with van der Waals surface area (Å²) in [6.07, 6.45) is 2.51. The third kappa shape index (κ3) is 6.16. The molecular weight excluding hydrogens is 170 g/mol. The van der Waals surface area contributed by atoms with E-state index in [2.05, 4.69) is 5.32 Å². The van der Waals surface area contributed by atoms with E-state index in [0.717, 1.165) is 6.08 Å². The second kappa shape index (κ2) is 6.48. The summed E-state index contributed by atoms with van der Waals surface area (Å²) in [5.41, 5.74) is 0. The zero-order valence-electron chi connectivity index (χ0n) is 8.28. The van der Waals surface area contributed by atoms with Gasteiger partial charge in [-0.2, -0.15) is 0 Å². The summed E-state index contributed by atoms with van der Waals surface area (Å²) < 4.78 is 4.98. The lowest BCUT2D eigenvalue weighted by Gasteiger charge is -2.19. The highest BCUT2D eigenvalue weighted by molar-refractivity contribution is 5.79. The van der Waals surface area contributed by atoms with E-state index in [-0.39, 0.29) is 6.04 Å². The third-order valence-corrected chi connectivity index (χ3v) is 1.69. The van der Waals surface area contributed by atoms with Crippen LogP contribution in [0.3, 0.4) is 0 Å². The maximum absolute atomic E-state index is 10.2. The molecule has 0 aromatic rings. The van der Waals surface area contributed by atoms with Gasteiger partial charge in [-0.05, 0) is 5.92 Å². The molecule has 2 N–H and O–H groups in total. The van der Waals surface area contributed by atoms with Gasteiger partial charge in [0.2, 0.25) is 0 Å². The fourth-order valence-electron chi connectivity index (χ4n) is 0.856. The molecule has 0 aromatic heterocycles. The average molecular weight is 187 g/mol. The number of ether oxygens (including phenoxy) is 1. The van der Waals surface area contributed by atoms with Gasteiger partial charge >= 0.3 is 5.97 Å². The van der Waals surface area contributed by atoms with Crippen molar-refractivity contribution in [1.82, 2.24) is 5.32 Å². The number of carbonyl (C=O) groups is 1. The van der Waals surface area contributed by atoms with Crippen molar-refractivity contribution < 1.29 is 14.6 Å². The van der Waals surface area contributed by atoms with Gasteiger partial charge in [0.25, 0.3) is 0 Å². The number of hydrogen-bond acceptors (Lipinski definition) is 3. The summed E-state index contributed by atoms with van der Waals surface area (Å²) >= 11 is 0. The first-order valence-electron chi connectivity index (χ1n) is 4.22. The normalized spacial score (nSPS) is 13.5. The summed E-state index contributed by atoms with van der Waals surface area (Å²) in [5, 5.41) is 11.3. The SMILES string of the molecule is COCC(N/C=C/C(=O)O)C(C)C. The Balaban J connectivity index is 3.88.